The zero-order valence-corrected chi connectivity index (χ0v) is 13.1. The Hall–Kier alpha value is -1.45. The summed E-state index contributed by atoms with van der Waals surface area (Å²) in [7, 11) is 0. The minimum atomic E-state index is 0.401. The zero-order chi connectivity index (χ0) is 14.7. The van der Waals surface area contributed by atoms with Crippen LogP contribution in [0.5, 0.6) is 0 Å². The third kappa shape index (κ3) is 3.80. The highest BCUT2D eigenvalue weighted by Crippen LogP contribution is 2.44. The fourth-order valence-corrected chi connectivity index (χ4v) is 3.74. The molecule has 1 heterocycles. The lowest BCUT2D eigenvalue weighted by Gasteiger charge is -2.26. The molecule has 0 aromatic carbocycles. The molecule has 3 rings (SSSR count). The van der Waals surface area contributed by atoms with Crippen molar-refractivity contribution < 1.29 is 4.42 Å². The molecule has 2 N–H and O–H groups in total. The molecule has 2 aliphatic rings. The highest BCUT2D eigenvalue weighted by atomic mass is 16.3. The first-order valence-corrected chi connectivity index (χ1v) is 8.30. The average Bonchev–Trinajstić information content (AvgIpc) is 3.14. The number of rotatable bonds is 5. The van der Waals surface area contributed by atoms with Gasteiger partial charge in [0.05, 0.1) is 6.26 Å². The van der Waals surface area contributed by atoms with Gasteiger partial charge in [0.15, 0.2) is 5.96 Å². The minimum Gasteiger partial charge on any atom is -0.469 e. The predicted octanol–water partition coefficient (Wildman–Crippen LogP) is 2.95. The molecule has 116 valence electrons. The molecule has 21 heavy (non-hydrogen) atoms. The van der Waals surface area contributed by atoms with Gasteiger partial charge in [-0.2, -0.15) is 0 Å². The molecule has 0 radical (unpaired) electrons. The maximum Gasteiger partial charge on any atom is 0.191 e. The monoisotopic (exact) mass is 289 g/mol. The van der Waals surface area contributed by atoms with Crippen molar-refractivity contribution >= 4 is 5.96 Å². The molecule has 1 aromatic heterocycles. The summed E-state index contributed by atoms with van der Waals surface area (Å²) >= 11 is 0. The second-order valence-corrected chi connectivity index (χ2v) is 6.78. The minimum absolute atomic E-state index is 0.401. The van der Waals surface area contributed by atoms with Crippen molar-refractivity contribution in [3.05, 3.63) is 24.2 Å². The van der Waals surface area contributed by atoms with E-state index >= 15 is 0 Å². The third-order valence-corrected chi connectivity index (χ3v) is 4.69. The van der Waals surface area contributed by atoms with Crippen molar-refractivity contribution in [3.63, 3.8) is 0 Å². The SMILES string of the molecule is CC(C)NC(=NCCc1ccco1)NC1CC2CCC1C2. The van der Waals surface area contributed by atoms with Crippen LogP contribution in [-0.2, 0) is 6.42 Å². The molecule has 2 saturated carbocycles. The van der Waals surface area contributed by atoms with Crippen LogP contribution in [0, 0.1) is 11.8 Å². The van der Waals surface area contributed by atoms with Gasteiger partial charge >= 0.3 is 0 Å². The van der Waals surface area contributed by atoms with Crippen LogP contribution in [0.15, 0.2) is 27.8 Å². The molecule has 4 nitrogen and oxygen atoms in total. The van der Waals surface area contributed by atoms with E-state index in [2.05, 4.69) is 24.5 Å². The third-order valence-electron chi connectivity index (χ3n) is 4.69. The molecule has 0 spiro atoms. The summed E-state index contributed by atoms with van der Waals surface area (Å²) in [6, 6.07) is 4.96. The van der Waals surface area contributed by atoms with Gasteiger partial charge in [0.25, 0.3) is 0 Å². The predicted molar refractivity (Wildman–Crippen MR) is 85.4 cm³/mol. The lowest BCUT2D eigenvalue weighted by atomic mass is 9.95. The zero-order valence-electron chi connectivity index (χ0n) is 13.1. The van der Waals surface area contributed by atoms with Gasteiger partial charge in [-0.05, 0) is 57.1 Å². The number of guanidine groups is 1. The fraction of sp³-hybridized carbons (Fsp3) is 0.706. The first kappa shape index (κ1) is 14.5. The van der Waals surface area contributed by atoms with E-state index in [1.165, 1.54) is 25.7 Å². The molecule has 4 heteroatoms. The van der Waals surface area contributed by atoms with Crippen LogP contribution in [0.3, 0.4) is 0 Å². The van der Waals surface area contributed by atoms with E-state index in [0.717, 1.165) is 36.5 Å². The van der Waals surface area contributed by atoms with Gasteiger partial charge in [0.2, 0.25) is 0 Å². The summed E-state index contributed by atoms with van der Waals surface area (Å²) in [4.78, 5) is 4.72. The summed E-state index contributed by atoms with van der Waals surface area (Å²) < 4.78 is 5.36. The Morgan fingerprint density at radius 3 is 2.90 bits per heavy atom. The second-order valence-electron chi connectivity index (χ2n) is 6.78. The van der Waals surface area contributed by atoms with Crippen molar-refractivity contribution in [1.82, 2.24) is 10.6 Å². The standard InChI is InChI=1S/C17H27N3O/c1-12(2)19-17(18-8-7-15-4-3-9-21-15)20-16-11-13-5-6-14(16)10-13/h3-4,9,12-14,16H,5-8,10-11H2,1-2H3,(H2,18,19,20). The van der Waals surface area contributed by atoms with E-state index < -0.39 is 0 Å². The van der Waals surface area contributed by atoms with Crippen molar-refractivity contribution in [3.8, 4) is 0 Å². The molecule has 0 saturated heterocycles. The Bertz CT molecular complexity index is 466. The Kier molecular flexibility index (Phi) is 4.51. The van der Waals surface area contributed by atoms with Crippen LogP contribution >= 0.6 is 0 Å². The Labute approximate surface area is 127 Å². The van der Waals surface area contributed by atoms with E-state index in [1.54, 1.807) is 6.26 Å². The Morgan fingerprint density at radius 2 is 2.29 bits per heavy atom. The molecular weight excluding hydrogens is 262 g/mol. The van der Waals surface area contributed by atoms with E-state index in [0.29, 0.717) is 12.1 Å². The smallest absolute Gasteiger partial charge is 0.191 e. The fourth-order valence-electron chi connectivity index (χ4n) is 3.74. The van der Waals surface area contributed by atoms with Gasteiger partial charge in [0.1, 0.15) is 5.76 Å². The topological polar surface area (TPSA) is 49.6 Å². The van der Waals surface area contributed by atoms with Gasteiger partial charge in [-0.1, -0.05) is 6.42 Å². The maximum atomic E-state index is 5.36. The number of nitrogens with zero attached hydrogens (tertiary/aromatic N) is 1. The van der Waals surface area contributed by atoms with Gasteiger partial charge in [-0.25, -0.2) is 0 Å². The molecule has 3 unspecified atom stereocenters. The van der Waals surface area contributed by atoms with Crippen molar-refractivity contribution in [2.24, 2.45) is 16.8 Å². The molecule has 2 aliphatic carbocycles. The van der Waals surface area contributed by atoms with E-state index in [1.807, 2.05) is 12.1 Å². The second kappa shape index (κ2) is 6.54. The van der Waals surface area contributed by atoms with Crippen molar-refractivity contribution in [2.75, 3.05) is 6.54 Å². The highest BCUT2D eigenvalue weighted by molar-refractivity contribution is 5.80. The van der Waals surface area contributed by atoms with Crippen LogP contribution in [0.4, 0.5) is 0 Å². The normalized spacial score (nSPS) is 28.3. The largest absolute Gasteiger partial charge is 0.469 e. The van der Waals surface area contributed by atoms with E-state index in [-0.39, 0.29) is 0 Å². The van der Waals surface area contributed by atoms with E-state index in [9.17, 15) is 0 Å². The molecule has 2 fully saturated rings. The molecular formula is C17H27N3O. The lowest BCUT2D eigenvalue weighted by Crippen LogP contribution is -2.47. The van der Waals surface area contributed by atoms with Crippen LogP contribution < -0.4 is 10.6 Å². The van der Waals surface area contributed by atoms with Crippen LogP contribution in [0.2, 0.25) is 0 Å². The number of hydrogen-bond donors (Lipinski definition) is 2. The maximum absolute atomic E-state index is 5.36. The van der Waals surface area contributed by atoms with Crippen LogP contribution in [0.1, 0.15) is 45.3 Å². The number of furan rings is 1. The average molecular weight is 289 g/mol. The molecule has 3 atom stereocenters. The molecule has 0 aliphatic heterocycles. The first-order valence-electron chi connectivity index (χ1n) is 8.30. The van der Waals surface area contributed by atoms with E-state index in [4.69, 9.17) is 9.41 Å². The van der Waals surface area contributed by atoms with Gasteiger partial charge in [-0.15, -0.1) is 0 Å². The van der Waals surface area contributed by atoms with Crippen LogP contribution in [0.25, 0.3) is 0 Å². The van der Waals surface area contributed by atoms with Gasteiger partial charge in [-0.3, -0.25) is 4.99 Å². The summed E-state index contributed by atoms with van der Waals surface area (Å²) in [5, 5.41) is 7.12. The van der Waals surface area contributed by atoms with Crippen molar-refractivity contribution in [1.29, 1.82) is 0 Å². The lowest BCUT2D eigenvalue weighted by molar-refractivity contribution is 0.386. The number of fused-ring (bicyclic) bond motifs is 2. The number of nitrogens with one attached hydrogen (secondary N) is 2. The molecule has 1 aromatic rings. The van der Waals surface area contributed by atoms with Gasteiger partial charge < -0.3 is 15.1 Å². The summed E-state index contributed by atoms with van der Waals surface area (Å²) in [5.41, 5.74) is 0. The van der Waals surface area contributed by atoms with Gasteiger partial charge in [0, 0.05) is 25.0 Å². The Morgan fingerprint density at radius 1 is 1.38 bits per heavy atom. The molecule has 0 amide bonds. The summed E-state index contributed by atoms with van der Waals surface area (Å²) in [6.07, 6.45) is 8.14. The first-order chi connectivity index (χ1) is 10.2. The molecule has 2 bridgehead atoms. The van der Waals surface area contributed by atoms with Crippen molar-refractivity contribution in [2.45, 2.75) is 58.0 Å². The quantitative estimate of drug-likeness (QED) is 0.647. The Balaban J connectivity index is 1.55. The number of aliphatic imine (C=N–C) groups is 1. The summed E-state index contributed by atoms with van der Waals surface area (Å²) in [6.45, 7) is 5.07. The van der Waals surface area contributed by atoms with Crippen LogP contribution in [-0.4, -0.2) is 24.6 Å². The highest BCUT2D eigenvalue weighted by Gasteiger charge is 2.39. The number of hydrogen-bond acceptors (Lipinski definition) is 2. The summed E-state index contributed by atoms with van der Waals surface area (Å²) in [5.74, 6) is 3.78.